The molecular weight excluding hydrogens is 354 g/mol. The second-order valence-corrected chi connectivity index (χ2v) is 5.88. The fourth-order valence-corrected chi connectivity index (χ4v) is 2.35. The molecule has 0 atom stereocenters. The number of aromatic nitrogens is 3. The van der Waals surface area contributed by atoms with Crippen molar-refractivity contribution in [3.05, 3.63) is 70.8 Å². The Balaban J connectivity index is 1.57. The molecule has 1 aromatic heterocycles. The highest BCUT2D eigenvalue weighted by atomic mass is 79.9. The normalized spacial score (nSPS) is 10.3. The lowest BCUT2D eigenvalue weighted by atomic mass is 10.1. The van der Waals surface area contributed by atoms with Gasteiger partial charge in [-0.2, -0.15) is 10.1 Å². The Bertz CT molecular complexity index is 746. The topological polar surface area (TPSA) is 62.7 Å². The van der Waals surface area contributed by atoms with Gasteiger partial charge in [0.05, 0.1) is 6.20 Å². The maximum absolute atomic E-state index is 4.41. The molecule has 0 amide bonds. The molecule has 116 valence electrons. The molecule has 3 aromatic rings. The summed E-state index contributed by atoms with van der Waals surface area (Å²) in [6, 6.07) is 18.1. The fourth-order valence-electron chi connectivity index (χ4n) is 2.08. The Morgan fingerprint density at radius 3 is 2.52 bits per heavy atom. The van der Waals surface area contributed by atoms with E-state index in [0.29, 0.717) is 11.8 Å². The summed E-state index contributed by atoms with van der Waals surface area (Å²) >= 11 is 3.41. The summed E-state index contributed by atoms with van der Waals surface area (Å²) in [5, 5.41) is 14.4. The van der Waals surface area contributed by atoms with Crippen molar-refractivity contribution >= 4 is 33.4 Å². The first-order valence-electron chi connectivity index (χ1n) is 7.30. The lowest BCUT2D eigenvalue weighted by molar-refractivity contribution is 0.950. The van der Waals surface area contributed by atoms with E-state index in [9.17, 15) is 0 Å². The number of benzene rings is 2. The monoisotopic (exact) mass is 369 g/mol. The van der Waals surface area contributed by atoms with Gasteiger partial charge in [-0.1, -0.05) is 46.3 Å². The van der Waals surface area contributed by atoms with Gasteiger partial charge in [0, 0.05) is 16.7 Å². The smallest absolute Gasteiger partial charge is 0.249 e. The lowest BCUT2D eigenvalue weighted by Gasteiger charge is -2.08. The Morgan fingerprint density at radius 1 is 0.957 bits per heavy atom. The first-order valence-corrected chi connectivity index (χ1v) is 8.09. The molecule has 1 heterocycles. The Hall–Kier alpha value is -2.47. The zero-order valence-electron chi connectivity index (χ0n) is 12.4. The van der Waals surface area contributed by atoms with Gasteiger partial charge in [0.15, 0.2) is 5.82 Å². The molecule has 0 spiro atoms. The van der Waals surface area contributed by atoms with E-state index in [1.807, 2.05) is 42.5 Å². The molecule has 0 bridgehead atoms. The van der Waals surface area contributed by atoms with E-state index in [2.05, 4.69) is 53.9 Å². The highest BCUT2D eigenvalue weighted by Crippen LogP contribution is 2.17. The van der Waals surface area contributed by atoms with Gasteiger partial charge in [0.2, 0.25) is 5.95 Å². The van der Waals surface area contributed by atoms with Gasteiger partial charge in [0.1, 0.15) is 0 Å². The zero-order valence-corrected chi connectivity index (χ0v) is 14.0. The van der Waals surface area contributed by atoms with Gasteiger partial charge in [0.25, 0.3) is 0 Å². The van der Waals surface area contributed by atoms with Gasteiger partial charge in [-0.3, -0.25) is 0 Å². The SMILES string of the molecule is Brc1ccc(Nc2nncc(NCCc3ccccc3)n2)cc1. The first kappa shape index (κ1) is 15.4. The van der Waals surface area contributed by atoms with Crippen molar-refractivity contribution in [2.75, 3.05) is 17.2 Å². The van der Waals surface area contributed by atoms with Crippen LogP contribution in [0.5, 0.6) is 0 Å². The minimum atomic E-state index is 0.469. The second kappa shape index (κ2) is 7.69. The second-order valence-electron chi connectivity index (χ2n) is 4.96. The predicted molar refractivity (Wildman–Crippen MR) is 95.9 cm³/mol. The van der Waals surface area contributed by atoms with Crippen LogP contribution in [0.1, 0.15) is 5.56 Å². The van der Waals surface area contributed by atoms with E-state index in [0.717, 1.165) is 23.1 Å². The molecule has 3 rings (SSSR count). The maximum Gasteiger partial charge on any atom is 0.249 e. The van der Waals surface area contributed by atoms with Crippen molar-refractivity contribution in [3.63, 3.8) is 0 Å². The van der Waals surface area contributed by atoms with Crippen LogP contribution in [0.15, 0.2) is 65.3 Å². The fraction of sp³-hybridized carbons (Fsp3) is 0.118. The van der Waals surface area contributed by atoms with Crippen LogP contribution in [0.4, 0.5) is 17.5 Å². The molecule has 5 nitrogen and oxygen atoms in total. The number of rotatable bonds is 6. The average Bonchev–Trinajstić information content (AvgIpc) is 2.58. The zero-order chi connectivity index (χ0) is 15.9. The van der Waals surface area contributed by atoms with E-state index < -0.39 is 0 Å². The summed E-state index contributed by atoms with van der Waals surface area (Å²) in [6.45, 7) is 0.792. The van der Waals surface area contributed by atoms with Gasteiger partial charge in [-0.25, -0.2) is 0 Å². The van der Waals surface area contributed by atoms with E-state index >= 15 is 0 Å². The summed E-state index contributed by atoms with van der Waals surface area (Å²) in [5.41, 5.74) is 2.20. The van der Waals surface area contributed by atoms with Crippen LogP contribution in [-0.2, 0) is 6.42 Å². The van der Waals surface area contributed by atoms with Crippen LogP contribution in [-0.4, -0.2) is 21.7 Å². The van der Waals surface area contributed by atoms with E-state index in [1.165, 1.54) is 5.56 Å². The number of nitrogens with one attached hydrogen (secondary N) is 2. The standard InChI is InChI=1S/C17H16BrN5/c18-14-6-8-15(9-7-14)21-17-22-16(12-20-23-17)19-11-10-13-4-2-1-3-5-13/h1-9,12H,10-11H2,(H2,19,21,22,23). The summed E-state index contributed by atoms with van der Waals surface area (Å²) < 4.78 is 1.03. The summed E-state index contributed by atoms with van der Waals surface area (Å²) in [5.74, 6) is 1.17. The molecule has 0 fully saturated rings. The van der Waals surface area contributed by atoms with Crippen LogP contribution in [0.2, 0.25) is 0 Å². The van der Waals surface area contributed by atoms with E-state index in [1.54, 1.807) is 6.20 Å². The van der Waals surface area contributed by atoms with Crippen LogP contribution in [0.25, 0.3) is 0 Å². The number of hydrogen-bond donors (Lipinski definition) is 2. The Kier molecular flexibility index (Phi) is 5.16. The molecule has 0 aliphatic rings. The number of hydrogen-bond acceptors (Lipinski definition) is 5. The molecule has 2 N–H and O–H groups in total. The van der Waals surface area contributed by atoms with E-state index in [4.69, 9.17) is 0 Å². The van der Waals surface area contributed by atoms with Crippen LogP contribution < -0.4 is 10.6 Å². The minimum Gasteiger partial charge on any atom is -0.368 e. The van der Waals surface area contributed by atoms with Crippen LogP contribution >= 0.6 is 15.9 Å². The molecule has 0 radical (unpaired) electrons. The van der Waals surface area contributed by atoms with Crippen molar-refractivity contribution in [3.8, 4) is 0 Å². The number of halogens is 1. The van der Waals surface area contributed by atoms with Gasteiger partial charge >= 0.3 is 0 Å². The molecule has 23 heavy (non-hydrogen) atoms. The summed E-state index contributed by atoms with van der Waals surface area (Å²) in [4.78, 5) is 4.41. The molecule has 2 aromatic carbocycles. The highest BCUT2D eigenvalue weighted by Gasteiger charge is 2.01. The molecule has 0 saturated heterocycles. The van der Waals surface area contributed by atoms with Gasteiger partial charge < -0.3 is 10.6 Å². The molecule has 6 heteroatoms. The largest absolute Gasteiger partial charge is 0.368 e. The highest BCUT2D eigenvalue weighted by molar-refractivity contribution is 9.10. The Morgan fingerprint density at radius 2 is 1.74 bits per heavy atom. The molecule has 0 saturated carbocycles. The quantitative estimate of drug-likeness (QED) is 0.686. The minimum absolute atomic E-state index is 0.469. The average molecular weight is 370 g/mol. The van der Waals surface area contributed by atoms with Gasteiger partial charge in [-0.05, 0) is 36.2 Å². The first-order chi connectivity index (χ1) is 11.3. The molecule has 0 unspecified atom stereocenters. The maximum atomic E-state index is 4.41. The predicted octanol–water partition coefficient (Wildman–Crippen LogP) is 4.03. The summed E-state index contributed by atoms with van der Waals surface area (Å²) in [7, 11) is 0. The third-order valence-electron chi connectivity index (χ3n) is 3.22. The van der Waals surface area contributed by atoms with Crippen molar-refractivity contribution in [1.82, 2.24) is 15.2 Å². The van der Waals surface area contributed by atoms with Crippen LogP contribution in [0.3, 0.4) is 0 Å². The lowest BCUT2D eigenvalue weighted by Crippen LogP contribution is -2.08. The third kappa shape index (κ3) is 4.75. The summed E-state index contributed by atoms with van der Waals surface area (Å²) in [6.07, 6.45) is 2.55. The molecule has 0 aliphatic carbocycles. The Labute approximate surface area is 143 Å². The number of anilines is 3. The van der Waals surface area contributed by atoms with Crippen LogP contribution in [0, 0.1) is 0 Å². The van der Waals surface area contributed by atoms with Crippen molar-refractivity contribution in [2.24, 2.45) is 0 Å². The third-order valence-corrected chi connectivity index (χ3v) is 3.75. The number of nitrogens with zero attached hydrogens (tertiary/aromatic N) is 3. The molecular formula is C17H16BrN5. The van der Waals surface area contributed by atoms with Crippen molar-refractivity contribution in [1.29, 1.82) is 0 Å². The van der Waals surface area contributed by atoms with E-state index in [-0.39, 0.29) is 0 Å². The van der Waals surface area contributed by atoms with Crippen molar-refractivity contribution < 1.29 is 0 Å². The van der Waals surface area contributed by atoms with Crippen molar-refractivity contribution in [2.45, 2.75) is 6.42 Å². The molecule has 0 aliphatic heterocycles. The van der Waals surface area contributed by atoms with Gasteiger partial charge in [-0.15, -0.1) is 5.10 Å².